The van der Waals surface area contributed by atoms with E-state index >= 15 is 0 Å². The Kier molecular flexibility index (Phi) is 12.4. The molecular weight excluding hydrogens is 706 g/mol. The second kappa shape index (κ2) is 16.3. The zero-order chi connectivity index (χ0) is 37.0. The van der Waals surface area contributed by atoms with Crippen LogP contribution < -0.4 is 19.7 Å². The molecule has 2 aromatic carbocycles. The van der Waals surface area contributed by atoms with E-state index in [1.54, 1.807) is 37.3 Å². The summed E-state index contributed by atoms with van der Waals surface area (Å²) in [5.74, 6) is 1.18. The number of hydrogen-bond acceptors (Lipinski definition) is 7. The van der Waals surface area contributed by atoms with E-state index in [9.17, 15) is 18.0 Å². The lowest BCUT2D eigenvalue weighted by molar-refractivity contribution is 0.0981. The Morgan fingerprint density at radius 2 is 1.94 bits per heavy atom. The van der Waals surface area contributed by atoms with Gasteiger partial charge in [-0.25, -0.2) is 28.0 Å². The highest BCUT2D eigenvalue weighted by atomic mass is 35.5. The number of carbonyl (C=O) groups excluding carboxylic acids is 2. The Morgan fingerprint density at radius 3 is 2.63 bits per heavy atom. The molecule has 1 spiro atoms. The number of carbonyl (C=O) groups is 2. The standard InChI is InChI=1S/C39H54ClN3O6S2/c1-7-9-11-27(3)51(46,47)42-37(44)29-14-18-36-35(23-29)43(25-39(26-49-36)19-10-12-28-22-31(40)15-17-33(28)39)24-30-13-16-32(30)34(8-2)41-38(45)48-20-21-50(4,5)6/h7-8,14-15,17-18,22-23,27,30,32,34H,1-2,9-13,16,19-21,24-26H2,3-6H3,(H,41,45)(H,42,44)/t27-,30+,32-,34+,39+/m1/s1. The van der Waals surface area contributed by atoms with Crippen molar-refractivity contribution in [3.05, 3.63) is 83.4 Å². The molecule has 1 fully saturated rings. The lowest BCUT2D eigenvalue weighted by Gasteiger charge is -2.46. The van der Waals surface area contributed by atoms with Gasteiger partial charge >= 0.3 is 6.09 Å². The number of aryl methyl sites for hydroxylation is 1. The number of hydrogen-bond donors (Lipinski definition) is 2. The molecule has 1 heterocycles. The number of amides is 2. The van der Waals surface area contributed by atoms with Gasteiger partial charge < -0.3 is 19.7 Å². The fourth-order valence-electron chi connectivity index (χ4n) is 7.53. The molecule has 5 rings (SSSR count). The number of sulfonamides is 1. The van der Waals surface area contributed by atoms with Crippen molar-refractivity contribution < 1.29 is 27.5 Å². The van der Waals surface area contributed by atoms with Gasteiger partial charge in [0.1, 0.15) is 12.4 Å². The molecule has 51 heavy (non-hydrogen) atoms. The van der Waals surface area contributed by atoms with Crippen LogP contribution in [0.2, 0.25) is 5.02 Å². The molecule has 1 saturated carbocycles. The molecule has 1 aliphatic heterocycles. The zero-order valence-electron chi connectivity index (χ0n) is 30.4. The smallest absolute Gasteiger partial charge is 0.407 e. The van der Waals surface area contributed by atoms with Gasteiger partial charge in [-0.2, -0.15) is 0 Å². The van der Waals surface area contributed by atoms with Crippen LogP contribution in [0.3, 0.4) is 0 Å². The highest BCUT2D eigenvalue weighted by Crippen LogP contribution is 2.47. The van der Waals surface area contributed by atoms with Crippen molar-refractivity contribution in [2.24, 2.45) is 11.8 Å². The van der Waals surface area contributed by atoms with Gasteiger partial charge in [-0.05, 0) is 124 Å². The first-order chi connectivity index (χ1) is 24.1. The van der Waals surface area contributed by atoms with E-state index in [1.807, 2.05) is 6.07 Å². The van der Waals surface area contributed by atoms with Gasteiger partial charge in [0.2, 0.25) is 10.0 Å². The van der Waals surface area contributed by atoms with Crippen molar-refractivity contribution in [3.8, 4) is 5.75 Å². The number of ether oxygens (including phenoxy) is 2. The molecule has 0 aromatic heterocycles. The van der Waals surface area contributed by atoms with Gasteiger partial charge in [-0.15, -0.1) is 13.2 Å². The average Bonchev–Trinajstić information content (AvgIpc) is 3.21. The van der Waals surface area contributed by atoms with Gasteiger partial charge in [-0.3, -0.25) is 4.79 Å². The molecule has 2 amide bonds. The summed E-state index contributed by atoms with van der Waals surface area (Å²) in [6.07, 6.45) is 15.3. The highest BCUT2D eigenvalue weighted by Gasteiger charge is 2.44. The Labute approximate surface area is 310 Å². The first-order valence-electron chi connectivity index (χ1n) is 17.8. The van der Waals surface area contributed by atoms with Crippen LogP contribution in [0, 0.1) is 11.8 Å². The van der Waals surface area contributed by atoms with E-state index in [2.05, 4.69) is 59.0 Å². The Morgan fingerprint density at radius 1 is 1.16 bits per heavy atom. The number of fused-ring (bicyclic) bond motifs is 3. The lowest BCUT2D eigenvalue weighted by atomic mass is 9.68. The number of alkyl carbamates (subject to hydrolysis) is 1. The predicted octanol–water partition coefficient (Wildman–Crippen LogP) is 7.23. The molecule has 2 aromatic rings. The molecule has 12 heteroatoms. The Hall–Kier alpha value is -3.15. The van der Waals surface area contributed by atoms with Gasteiger partial charge in [0.15, 0.2) is 0 Å². The van der Waals surface area contributed by atoms with Crippen LogP contribution in [0.5, 0.6) is 5.75 Å². The second-order valence-corrected chi connectivity index (χ2v) is 22.4. The van der Waals surface area contributed by atoms with Crippen molar-refractivity contribution in [3.63, 3.8) is 0 Å². The molecule has 0 unspecified atom stereocenters. The summed E-state index contributed by atoms with van der Waals surface area (Å²) in [5.41, 5.74) is 3.12. The third kappa shape index (κ3) is 9.45. The van der Waals surface area contributed by atoms with Crippen molar-refractivity contribution in [2.75, 3.05) is 55.7 Å². The molecule has 2 N–H and O–H groups in total. The van der Waals surface area contributed by atoms with E-state index in [0.29, 0.717) is 49.9 Å². The predicted molar refractivity (Wildman–Crippen MR) is 210 cm³/mol. The second-order valence-electron chi connectivity index (χ2n) is 15.3. The van der Waals surface area contributed by atoms with Crippen molar-refractivity contribution in [2.45, 2.75) is 68.6 Å². The summed E-state index contributed by atoms with van der Waals surface area (Å²) >= 11 is 6.44. The first kappa shape index (κ1) is 39.1. The quantitative estimate of drug-likeness (QED) is 0.196. The van der Waals surface area contributed by atoms with Crippen molar-refractivity contribution >= 4 is 49.3 Å². The average molecular weight is 760 g/mol. The molecule has 2 aliphatic carbocycles. The molecular formula is C39H54ClN3O6S2. The molecule has 5 atom stereocenters. The van der Waals surface area contributed by atoms with Gasteiger partial charge in [0.25, 0.3) is 5.91 Å². The lowest BCUT2D eigenvalue weighted by Crippen LogP contribution is -2.52. The number of rotatable bonds is 14. The minimum atomic E-state index is -3.89. The summed E-state index contributed by atoms with van der Waals surface area (Å²) in [6, 6.07) is 11.0. The van der Waals surface area contributed by atoms with E-state index < -0.39 is 37.3 Å². The molecule has 0 saturated heterocycles. The third-order valence-electron chi connectivity index (χ3n) is 10.7. The maximum Gasteiger partial charge on any atom is 0.407 e. The minimum absolute atomic E-state index is 0.151. The fourth-order valence-corrected chi connectivity index (χ4v) is 9.33. The third-order valence-corrected chi connectivity index (χ3v) is 14.1. The van der Waals surface area contributed by atoms with Crippen LogP contribution in [-0.4, -0.2) is 82.5 Å². The normalized spacial score (nSPS) is 22.9. The van der Waals surface area contributed by atoms with Crippen LogP contribution in [0.15, 0.2) is 61.7 Å². The van der Waals surface area contributed by atoms with Crippen LogP contribution >= 0.6 is 21.6 Å². The molecule has 0 radical (unpaired) electrons. The maximum atomic E-state index is 13.5. The van der Waals surface area contributed by atoms with Gasteiger partial charge in [0, 0.05) is 34.8 Å². The van der Waals surface area contributed by atoms with Gasteiger partial charge in [-0.1, -0.05) is 29.8 Å². The fraction of sp³-hybridized carbons (Fsp3) is 0.538. The monoisotopic (exact) mass is 759 g/mol. The Balaban J connectivity index is 1.42. The Bertz CT molecular complexity index is 1730. The largest absolute Gasteiger partial charge is 0.490 e. The van der Waals surface area contributed by atoms with E-state index in [0.717, 1.165) is 43.5 Å². The van der Waals surface area contributed by atoms with Crippen molar-refractivity contribution in [1.82, 2.24) is 10.0 Å². The summed E-state index contributed by atoms with van der Waals surface area (Å²) < 4.78 is 40.5. The summed E-state index contributed by atoms with van der Waals surface area (Å²) in [5, 5.41) is 3.02. The van der Waals surface area contributed by atoms with Crippen LogP contribution in [-0.2, 0) is 26.6 Å². The zero-order valence-corrected chi connectivity index (χ0v) is 32.8. The molecule has 3 aliphatic rings. The van der Waals surface area contributed by atoms with E-state index in [-0.39, 0.29) is 28.9 Å². The maximum absolute atomic E-state index is 13.5. The van der Waals surface area contributed by atoms with E-state index in [1.165, 1.54) is 11.1 Å². The van der Waals surface area contributed by atoms with Crippen LogP contribution in [0.1, 0.15) is 66.9 Å². The molecule has 280 valence electrons. The summed E-state index contributed by atoms with van der Waals surface area (Å²) in [7, 11) is -4.67. The number of halogens is 1. The number of allylic oxidation sites excluding steroid dienone is 1. The summed E-state index contributed by atoms with van der Waals surface area (Å²) in [6.45, 7) is 11.4. The number of nitrogens with one attached hydrogen (secondary N) is 2. The molecule has 9 nitrogen and oxygen atoms in total. The highest BCUT2D eigenvalue weighted by molar-refractivity contribution is 8.32. The summed E-state index contributed by atoms with van der Waals surface area (Å²) in [4.78, 5) is 28.6. The minimum Gasteiger partial charge on any atom is -0.490 e. The first-order valence-corrected chi connectivity index (χ1v) is 22.8. The number of anilines is 1. The SMILES string of the molecule is C=CCC[C@@H](C)S(=O)(=O)NC(=O)c1ccc2c(c1)N(C[C@@H]1CC[C@H]1[C@H](C=C)NC(=O)OCCS(C)(C)C)C[C@@]1(CCCc3cc(Cl)ccc31)CO2. The molecule has 0 bridgehead atoms. The topological polar surface area (TPSA) is 114 Å². The van der Waals surface area contributed by atoms with Crippen LogP contribution in [0.25, 0.3) is 0 Å². The van der Waals surface area contributed by atoms with Gasteiger partial charge in [0.05, 0.1) is 23.6 Å². The number of benzene rings is 2. The van der Waals surface area contributed by atoms with Crippen LogP contribution in [0.4, 0.5) is 10.5 Å². The van der Waals surface area contributed by atoms with Crippen molar-refractivity contribution in [1.29, 1.82) is 0 Å². The van der Waals surface area contributed by atoms with E-state index in [4.69, 9.17) is 21.1 Å². The number of nitrogens with zero attached hydrogens (tertiary/aromatic N) is 1.